The van der Waals surface area contributed by atoms with Gasteiger partial charge in [-0.3, -0.25) is 14.5 Å². The molecular formula is C22H22ClN3O3S. The van der Waals surface area contributed by atoms with Crippen LogP contribution in [0.3, 0.4) is 0 Å². The van der Waals surface area contributed by atoms with Gasteiger partial charge in [0.1, 0.15) is 0 Å². The van der Waals surface area contributed by atoms with E-state index in [4.69, 9.17) is 11.6 Å². The summed E-state index contributed by atoms with van der Waals surface area (Å²) >= 11 is 6.21. The third kappa shape index (κ3) is 4.98. The Morgan fingerprint density at radius 3 is 2.40 bits per heavy atom. The number of amides is 1. The molecule has 1 N–H and O–H groups in total. The van der Waals surface area contributed by atoms with Crippen molar-refractivity contribution in [2.75, 3.05) is 11.8 Å². The Bertz CT molecular complexity index is 1180. The first-order chi connectivity index (χ1) is 14.2. The minimum absolute atomic E-state index is 0.0363. The van der Waals surface area contributed by atoms with Crippen LogP contribution >= 0.6 is 11.6 Å². The number of hydrogen-bond acceptors (Lipinski definition) is 4. The zero-order chi connectivity index (χ0) is 21.9. The first-order valence-corrected chi connectivity index (χ1v) is 11.1. The number of anilines is 1. The molecule has 0 fully saturated rings. The maximum atomic E-state index is 12.9. The SMILES string of the molecule is Cc1ccc(NS(=O)(=O)c2ccc(Cl)c(C(=O)N(C)Cc3ccncc3)c2)cc1C. The Morgan fingerprint density at radius 1 is 1.03 bits per heavy atom. The van der Waals surface area contributed by atoms with Crippen LogP contribution in [0.2, 0.25) is 5.02 Å². The molecule has 30 heavy (non-hydrogen) atoms. The molecule has 1 amide bonds. The van der Waals surface area contributed by atoms with Crippen LogP contribution in [-0.4, -0.2) is 31.3 Å². The van der Waals surface area contributed by atoms with Crippen LogP contribution in [0, 0.1) is 13.8 Å². The van der Waals surface area contributed by atoms with Gasteiger partial charge in [0.25, 0.3) is 15.9 Å². The molecule has 8 heteroatoms. The lowest BCUT2D eigenvalue weighted by Crippen LogP contribution is -2.27. The Kier molecular flexibility index (Phi) is 6.43. The predicted octanol–water partition coefficient (Wildman–Crippen LogP) is 4.42. The number of nitrogens with one attached hydrogen (secondary N) is 1. The summed E-state index contributed by atoms with van der Waals surface area (Å²) in [5.74, 6) is -0.375. The number of carbonyl (C=O) groups is 1. The fraction of sp³-hybridized carbons (Fsp3) is 0.182. The van der Waals surface area contributed by atoms with Crippen LogP contribution in [0.4, 0.5) is 5.69 Å². The van der Waals surface area contributed by atoms with E-state index in [1.165, 1.54) is 23.1 Å². The van der Waals surface area contributed by atoms with Crippen LogP contribution in [0.1, 0.15) is 27.0 Å². The maximum Gasteiger partial charge on any atom is 0.261 e. The zero-order valence-corrected chi connectivity index (χ0v) is 18.5. The minimum atomic E-state index is -3.89. The molecule has 0 spiro atoms. The van der Waals surface area contributed by atoms with Gasteiger partial charge in [0.15, 0.2) is 0 Å². The van der Waals surface area contributed by atoms with Gasteiger partial charge in [0.05, 0.1) is 15.5 Å². The van der Waals surface area contributed by atoms with Crippen molar-refractivity contribution in [2.45, 2.75) is 25.3 Å². The van der Waals surface area contributed by atoms with Gasteiger partial charge in [-0.2, -0.15) is 0 Å². The van der Waals surface area contributed by atoms with E-state index in [1.54, 1.807) is 43.7 Å². The predicted molar refractivity (Wildman–Crippen MR) is 118 cm³/mol. The fourth-order valence-electron chi connectivity index (χ4n) is 2.89. The van der Waals surface area contributed by atoms with E-state index < -0.39 is 10.0 Å². The average molecular weight is 444 g/mol. The lowest BCUT2D eigenvalue weighted by atomic mass is 10.1. The van der Waals surface area contributed by atoms with Crippen LogP contribution in [0.15, 0.2) is 65.8 Å². The number of aromatic nitrogens is 1. The molecule has 0 atom stereocenters. The van der Waals surface area contributed by atoms with Crippen molar-refractivity contribution in [3.63, 3.8) is 0 Å². The quantitative estimate of drug-likeness (QED) is 0.611. The van der Waals surface area contributed by atoms with Gasteiger partial charge < -0.3 is 4.90 Å². The first kappa shape index (κ1) is 21.8. The number of rotatable bonds is 6. The second-order valence-electron chi connectivity index (χ2n) is 7.06. The number of carbonyl (C=O) groups excluding carboxylic acids is 1. The van der Waals surface area contributed by atoms with E-state index >= 15 is 0 Å². The summed E-state index contributed by atoms with van der Waals surface area (Å²) in [5.41, 5.74) is 3.51. The second-order valence-corrected chi connectivity index (χ2v) is 9.15. The minimum Gasteiger partial charge on any atom is -0.337 e. The van der Waals surface area contributed by atoms with Crippen LogP contribution in [0.25, 0.3) is 0 Å². The fourth-order valence-corrected chi connectivity index (χ4v) is 4.17. The van der Waals surface area contributed by atoms with E-state index in [0.717, 1.165) is 16.7 Å². The number of pyridine rings is 1. The number of nitrogens with zero attached hydrogens (tertiary/aromatic N) is 2. The number of benzene rings is 2. The third-order valence-corrected chi connectivity index (χ3v) is 6.46. The maximum absolute atomic E-state index is 12.9. The van der Waals surface area contributed by atoms with E-state index in [1.807, 2.05) is 19.9 Å². The molecule has 0 aliphatic carbocycles. The molecule has 1 heterocycles. The van der Waals surface area contributed by atoms with Crippen molar-refractivity contribution in [3.8, 4) is 0 Å². The van der Waals surface area contributed by atoms with Crippen molar-refractivity contribution in [1.29, 1.82) is 0 Å². The number of sulfonamides is 1. The van der Waals surface area contributed by atoms with Gasteiger partial charge in [-0.25, -0.2) is 8.42 Å². The van der Waals surface area contributed by atoms with Gasteiger partial charge in [-0.05, 0) is 73.0 Å². The van der Waals surface area contributed by atoms with Gasteiger partial charge >= 0.3 is 0 Å². The molecule has 3 aromatic rings. The van der Waals surface area contributed by atoms with Crippen molar-refractivity contribution in [3.05, 3.63) is 88.2 Å². The van der Waals surface area contributed by atoms with Crippen molar-refractivity contribution < 1.29 is 13.2 Å². The highest BCUT2D eigenvalue weighted by Gasteiger charge is 2.21. The van der Waals surface area contributed by atoms with Gasteiger partial charge in [-0.15, -0.1) is 0 Å². The van der Waals surface area contributed by atoms with Gasteiger partial charge in [0.2, 0.25) is 0 Å². The topological polar surface area (TPSA) is 79.4 Å². The summed E-state index contributed by atoms with van der Waals surface area (Å²) in [6.07, 6.45) is 3.29. The molecule has 0 aliphatic rings. The van der Waals surface area contributed by atoms with Crippen molar-refractivity contribution in [1.82, 2.24) is 9.88 Å². The van der Waals surface area contributed by atoms with Crippen molar-refractivity contribution in [2.24, 2.45) is 0 Å². The van der Waals surface area contributed by atoms with Gasteiger partial charge in [0, 0.05) is 31.7 Å². The molecule has 0 radical (unpaired) electrons. The molecule has 0 unspecified atom stereocenters. The molecule has 0 aliphatic heterocycles. The summed E-state index contributed by atoms with van der Waals surface area (Å²) in [7, 11) is -2.26. The molecule has 6 nitrogen and oxygen atoms in total. The number of halogens is 1. The smallest absolute Gasteiger partial charge is 0.261 e. The lowest BCUT2D eigenvalue weighted by Gasteiger charge is -2.18. The molecule has 0 saturated carbocycles. The second kappa shape index (κ2) is 8.85. The van der Waals surface area contributed by atoms with Gasteiger partial charge in [-0.1, -0.05) is 17.7 Å². The van der Waals surface area contributed by atoms with Crippen molar-refractivity contribution >= 4 is 33.2 Å². The first-order valence-electron chi connectivity index (χ1n) is 9.21. The summed E-state index contributed by atoms with van der Waals surface area (Å²) in [6.45, 7) is 4.20. The number of aryl methyl sites for hydroxylation is 2. The highest BCUT2D eigenvalue weighted by atomic mass is 35.5. The Hall–Kier alpha value is -2.90. The summed E-state index contributed by atoms with van der Waals surface area (Å²) < 4.78 is 28.3. The standard InChI is InChI=1S/C22H22ClN3O3S/c1-15-4-5-18(12-16(15)2)25-30(28,29)19-6-7-21(23)20(13-19)22(27)26(3)14-17-8-10-24-11-9-17/h4-13,25H,14H2,1-3H3. The summed E-state index contributed by atoms with van der Waals surface area (Å²) in [4.78, 5) is 18.3. The highest BCUT2D eigenvalue weighted by Crippen LogP contribution is 2.25. The Morgan fingerprint density at radius 2 is 1.73 bits per heavy atom. The molecule has 1 aromatic heterocycles. The van der Waals surface area contributed by atoms with Crippen LogP contribution in [0.5, 0.6) is 0 Å². The molecular weight excluding hydrogens is 422 g/mol. The third-order valence-electron chi connectivity index (χ3n) is 4.75. The van der Waals surface area contributed by atoms with E-state index in [0.29, 0.717) is 12.2 Å². The molecule has 0 saturated heterocycles. The summed E-state index contributed by atoms with van der Waals surface area (Å²) in [6, 6.07) is 13.0. The van der Waals surface area contributed by atoms with Crippen LogP contribution in [-0.2, 0) is 16.6 Å². The monoisotopic (exact) mass is 443 g/mol. The zero-order valence-electron chi connectivity index (χ0n) is 16.9. The van der Waals surface area contributed by atoms with Crippen LogP contribution < -0.4 is 4.72 Å². The normalized spacial score (nSPS) is 11.2. The molecule has 156 valence electrons. The Labute approximate surface area is 181 Å². The molecule has 2 aromatic carbocycles. The largest absolute Gasteiger partial charge is 0.337 e. The Balaban J connectivity index is 1.86. The highest BCUT2D eigenvalue weighted by molar-refractivity contribution is 7.92. The van der Waals surface area contributed by atoms with E-state index in [2.05, 4.69) is 9.71 Å². The van der Waals surface area contributed by atoms with E-state index in [-0.39, 0.29) is 21.4 Å². The molecule has 3 rings (SSSR count). The number of hydrogen-bond donors (Lipinski definition) is 1. The summed E-state index contributed by atoms with van der Waals surface area (Å²) in [5, 5.41) is 0.187. The lowest BCUT2D eigenvalue weighted by molar-refractivity contribution is 0.0785. The molecule has 0 bridgehead atoms. The average Bonchev–Trinajstić information content (AvgIpc) is 2.71. The van der Waals surface area contributed by atoms with E-state index in [9.17, 15) is 13.2 Å².